The first kappa shape index (κ1) is 31.0. The molecule has 4 amide bonds. The van der Waals surface area contributed by atoms with Crippen LogP contribution in [-0.4, -0.2) is 96.9 Å². The fourth-order valence-corrected chi connectivity index (χ4v) is 5.85. The third-order valence-electron chi connectivity index (χ3n) is 7.40. The Kier molecular flexibility index (Phi) is 9.12. The molecule has 2 fully saturated rings. The lowest BCUT2D eigenvalue weighted by molar-refractivity contribution is -0.158. The van der Waals surface area contributed by atoms with E-state index in [2.05, 4.69) is 19.6 Å². The molecule has 4 rings (SSSR count). The van der Waals surface area contributed by atoms with Crippen LogP contribution in [0, 0.1) is 0 Å². The van der Waals surface area contributed by atoms with Gasteiger partial charge in [0.15, 0.2) is 0 Å². The Morgan fingerprint density at radius 3 is 2.54 bits per heavy atom. The van der Waals surface area contributed by atoms with Gasteiger partial charge < -0.3 is 24.0 Å². The molecule has 0 aliphatic carbocycles. The van der Waals surface area contributed by atoms with Gasteiger partial charge in [-0.15, -0.1) is 0 Å². The summed E-state index contributed by atoms with van der Waals surface area (Å²) in [5.74, 6) is -0.653. The van der Waals surface area contributed by atoms with Crippen molar-refractivity contribution in [3.8, 4) is 5.75 Å². The number of halogens is 1. The van der Waals surface area contributed by atoms with Gasteiger partial charge in [0.05, 0.1) is 6.54 Å². The number of carbonyl (C=O) groups excluding carboxylic acids is 4. The number of imide groups is 1. The predicted molar refractivity (Wildman–Crippen MR) is 152 cm³/mol. The van der Waals surface area contributed by atoms with Crippen molar-refractivity contribution in [2.75, 3.05) is 26.4 Å². The number of fused-ring (bicyclic) bond motifs is 1. The molecule has 1 aromatic rings. The molecule has 41 heavy (non-hydrogen) atoms. The molecule has 0 radical (unpaired) electrons. The summed E-state index contributed by atoms with van der Waals surface area (Å²) in [6, 6.07) is 5.05. The first-order valence-electron chi connectivity index (χ1n) is 14.3. The molecule has 1 unspecified atom stereocenters. The number of nitrogens with zero attached hydrogens (tertiary/aromatic N) is 3. The van der Waals surface area contributed by atoms with Crippen LogP contribution in [0.5, 0.6) is 5.75 Å². The second-order valence-corrected chi connectivity index (χ2v) is 18.8. The molecule has 3 heterocycles. The maximum absolute atomic E-state index is 14.8. The topological polar surface area (TPSA) is 106 Å². The van der Waals surface area contributed by atoms with Crippen LogP contribution in [0.15, 0.2) is 18.2 Å². The predicted octanol–water partition coefficient (Wildman–Crippen LogP) is 4.20. The van der Waals surface area contributed by atoms with Crippen molar-refractivity contribution in [1.82, 2.24) is 14.7 Å². The molecule has 0 bridgehead atoms. The summed E-state index contributed by atoms with van der Waals surface area (Å²) in [6.45, 7) is 12.8. The lowest BCUT2D eigenvalue weighted by atomic mass is 10.0. The fourth-order valence-electron chi connectivity index (χ4n) is 5.09. The van der Waals surface area contributed by atoms with Gasteiger partial charge in [0, 0.05) is 46.2 Å². The second-order valence-electron chi connectivity index (χ2n) is 13.2. The van der Waals surface area contributed by atoms with Gasteiger partial charge in [0.1, 0.15) is 36.4 Å². The summed E-state index contributed by atoms with van der Waals surface area (Å²) in [5, 5.41) is 0. The molecule has 3 aliphatic rings. The first-order chi connectivity index (χ1) is 19.1. The van der Waals surface area contributed by atoms with Gasteiger partial charge in [-0.05, 0) is 57.0 Å². The van der Waals surface area contributed by atoms with Crippen LogP contribution in [-0.2, 0) is 25.6 Å². The minimum Gasteiger partial charge on any atom is -0.486 e. The zero-order valence-corrected chi connectivity index (χ0v) is 25.9. The van der Waals surface area contributed by atoms with E-state index in [0.29, 0.717) is 23.5 Å². The van der Waals surface area contributed by atoms with Crippen LogP contribution in [0.1, 0.15) is 56.0 Å². The summed E-state index contributed by atoms with van der Waals surface area (Å²) in [4.78, 5) is 55.6. The average molecular weight is 592 g/mol. The normalized spacial score (nSPS) is 23.6. The molecule has 10 nitrogen and oxygen atoms in total. The highest BCUT2D eigenvalue weighted by molar-refractivity contribution is 6.76. The maximum atomic E-state index is 14.8. The molecule has 3 atom stereocenters. The molecule has 1 aromatic carbocycles. The Labute approximate surface area is 242 Å². The Morgan fingerprint density at radius 2 is 1.85 bits per heavy atom. The number of hydrogen-bond donors (Lipinski definition) is 0. The number of alkyl halides is 1. The third kappa shape index (κ3) is 7.65. The maximum Gasteiger partial charge on any atom is 0.410 e. The Hall–Kier alpha value is -2.99. The molecule has 2 saturated heterocycles. The zero-order valence-electron chi connectivity index (χ0n) is 24.9. The fraction of sp³-hybridized carbons (Fsp3) is 0.655. The summed E-state index contributed by atoms with van der Waals surface area (Å²) in [7, 11) is -1.32. The van der Waals surface area contributed by atoms with Gasteiger partial charge in [0.2, 0.25) is 5.91 Å². The van der Waals surface area contributed by atoms with Gasteiger partial charge in [-0.2, -0.15) is 0 Å². The Bertz CT molecular complexity index is 1180. The van der Waals surface area contributed by atoms with Crippen LogP contribution in [0.25, 0.3) is 0 Å². The average Bonchev–Trinajstić information content (AvgIpc) is 3.18. The molecule has 226 valence electrons. The van der Waals surface area contributed by atoms with E-state index >= 15 is 0 Å². The van der Waals surface area contributed by atoms with E-state index in [0.717, 1.165) is 10.9 Å². The number of ether oxygens (including phenoxy) is 3. The number of piperidine rings is 2. The molecular formula is C29H42FN3O7Si. The van der Waals surface area contributed by atoms with Gasteiger partial charge in [-0.25, -0.2) is 9.18 Å². The van der Waals surface area contributed by atoms with Crippen molar-refractivity contribution >= 4 is 31.9 Å². The third-order valence-corrected chi connectivity index (χ3v) is 9.11. The number of hydrogen-bond acceptors (Lipinski definition) is 7. The molecule has 0 saturated carbocycles. The highest BCUT2D eigenvalue weighted by Gasteiger charge is 2.43. The van der Waals surface area contributed by atoms with Crippen LogP contribution in [0.2, 0.25) is 25.7 Å². The lowest BCUT2D eigenvalue weighted by Gasteiger charge is -2.36. The number of carbonyl (C=O) groups is 4. The van der Waals surface area contributed by atoms with E-state index in [1.165, 1.54) is 9.80 Å². The molecular weight excluding hydrogens is 549 g/mol. The Balaban J connectivity index is 1.39. The second kappa shape index (κ2) is 12.1. The first-order valence-corrected chi connectivity index (χ1v) is 18.0. The highest BCUT2D eigenvalue weighted by atomic mass is 28.3. The summed E-state index contributed by atoms with van der Waals surface area (Å²) in [6.07, 6.45) is -2.14. The monoisotopic (exact) mass is 591 g/mol. The van der Waals surface area contributed by atoms with Gasteiger partial charge in [-0.3, -0.25) is 19.3 Å². The number of rotatable bonds is 8. The lowest BCUT2D eigenvalue weighted by Crippen LogP contribution is -2.55. The molecule has 3 aliphatic heterocycles. The molecule has 12 heteroatoms. The minimum absolute atomic E-state index is 0.0403. The van der Waals surface area contributed by atoms with Crippen LogP contribution in [0.3, 0.4) is 0 Å². The van der Waals surface area contributed by atoms with Crippen molar-refractivity contribution in [3.63, 3.8) is 0 Å². The van der Waals surface area contributed by atoms with Crippen LogP contribution >= 0.6 is 0 Å². The van der Waals surface area contributed by atoms with E-state index in [1.807, 2.05) is 0 Å². The highest BCUT2D eigenvalue weighted by Crippen LogP contribution is 2.32. The van der Waals surface area contributed by atoms with E-state index in [4.69, 9.17) is 14.2 Å². The van der Waals surface area contributed by atoms with Crippen molar-refractivity contribution in [1.29, 1.82) is 0 Å². The van der Waals surface area contributed by atoms with E-state index in [1.54, 1.807) is 39.0 Å². The Morgan fingerprint density at radius 1 is 1.12 bits per heavy atom. The summed E-state index contributed by atoms with van der Waals surface area (Å²) < 4.78 is 31.8. The van der Waals surface area contributed by atoms with Crippen LogP contribution in [0.4, 0.5) is 9.18 Å². The van der Waals surface area contributed by atoms with Crippen molar-refractivity contribution in [3.05, 3.63) is 29.3 Å². The molecule has 0 aromatic heterocycles. The SMILES string of the molecule is CC(C)(C)OC(=O)N1CC[C@@H](F)[C@@H](Oc2ccc3c(c2)CN(C2CCC(=O)N(COCC[Si](C)(C)C)C2=O)C3=O)C1. The van der Waals surface area contributed by atoms with Crippen molar-refractivity contribution < 1.29 is 37.8 Å². The van der Waals surface area contributed by atoms with Gasteiger partial charge in [0.25, 0.3) is 11.8 Å². The van der Waals surface area contributed by atoms with Crippen molar-refractivity contribution in [2.45, 2.75) is 96.2 Å². The summed E-state index contributed by atoms with van der Waals surface area (Å²) in [5.41, 5.74) is 0.435. The molecule has 0 N–H and O–H groups in total. The molecule has 0 spiro atoms. The smallest absolute Gasteiger partial charge is 0.410 e. The van der Waals surface area contributed by atoms with Crippen molar-refractivity contribution in [2.24, 2.45) is 0 Å². The summed E-state index contributed by atoms with van der Waals surface area (Å²) >= 11 is 0. The van der Waals surface area contributed by atoms with Gasteiger partial charge >= 0.3 is 6.09 Å². The zero-order chi connectivity index (χ0) is 30.1. The minimum atomic E-state index is -1.32. The quantitative estimate of drug-likeness (QED) is 0.254. The number of amides is 4. The number of likely N-dealkylation sites (tertiary alicyclic amines) is 2. The van der Waals surface area contributed by atoms with Crippen LogP contribution < -0.4 is 4.74 Å². The standard InChI is InChI=1S/C29H42FN3O7Si/c1-29(2,3)40-28(37)31-12-11-22(30)24(17-31)39-20-7-8-21-19(15-20)16-32(26(21)35)23-9-10-25(34)33(27(23)36)18-38-13-14-41(4,5)6/h7-8,15,22-24H,9-14,16-18H2,1-6H3/t22-,23?,24+/m1/s1. The number of benzene rings is 1. The largest absolute Gasteiger partial charge is 0.486 e. The van der Waals surface area contributed by atoms with E-state index in [-0.39, 0.29) is 57.4 Å². The van der Waals surface area contributed by atoms with E-state index in [9.17, 15) is 23.6 Å². The van der Waals surface area contributed by atoms with Gasteiger partial charge in [-0.1, -0.05) is 19.6 Å². The van der Waals surface area contributed by atoms with E-state index < -0.39 is 44.0 Å².